The third-order valence-electron chi connectivity index (χ3n) is 4.96. The molecule has 0 aliphatic carbocycles. The van der Waals surface area contributed by atoms with Gasteiger partial charge in [-0.2, -0.15) is 0 Å². The van der Waals surface area contributed by atoms with E-state index in [0.29, 0.717) is 34.1 Å². The smallest absolute Gasteiger partial charge is 0.310 e. The SMILES string of the molecule is CS(=O)(=O)N1CCC(C(=O)OC(C(=O)Nc2cc(Cl)cc(Cl)c2)c2ccccc2)CC1. The van der Waals surface area contributed by atoms with Crippen LogP contribution in [0.4, 0.5) is 5.69 Å². The summed E-state index contributed by atoms with van der Waals surface area (Å²) in [4.78, 5) is 25.8. The summed E-state index contributed by atoms with van der Waals surface area (Å²) in [6.07, 6.45) is 0.626. The third-order valence-corrected chi connectivity index (χ3v) is 6.70. The normalized spacial score (nSPS) is 16.5. The highest BCUT2D eigenvalue weighted by molar-refractivity contribution is 7.88. The van der Waals surface area contributed by atoms with Crippen LogP contribution in [0.15, 0.2) is 48.5 Å². The van der Waals surface area contributed by atoms with Gasteiger partial charge in [0.1, 0.15) is 0 Å². The van der Waals surface area contributed by atoms with Crippen molar-refractivity contribution in [3.8, 4) is 0 Å². The van der Waals surface area contributed by atoms with E-state index in [-0.39, 0.29) is 13.1 Å². The molecule has 0 radical (unpaired) electrons. The number of carbonyl (C=O) groups excluding carboxylic acids is 2. The van der Waals surface area contributed by atoms with Crippen molar-refractivity contribution >= 4 is 50.8 Å². The Kier molecular flexibility index (Phi) is 7.59. The average molecular weight is 485 g/mol. The highest BCUT2D eigenvalue weighted by Crippen LogP contribution is 2.27. The van der Waals surface area contributed by atoms with Crippen LogP contribution in [0.1, 0.15) is 24.5 Å². The molecule has 0 saturated carbocycles. The van der Waals surface area contributed by atoms with Gasteiger partial charge >= 0.3 is 5.97 Å². The lowest BCUT2D eigenvalue weighted by atomic mass is 9.98. The van der Waals surface area contributed by atoms with E-state index in [1.165, 1.54) is 22.5 Å². The van der Waals surface area contributed by atoms with Crippen LogP contribution in [0.3, 0.4) is 0 Å². The van der Waals surface area contributed by atoms with Crippen LogP contribution in [0.5, 0.6) is 0 Å². The summed E-state index contributed by atoms with van der Waals surface area (Å²) in [5.74, 6) is -1.58. The van der Waals surface area contributed by atoms with Gasteiger partial charge in [-0.25, -0.2) is 12.7 Å². The number of hydrogen-bond donors (Lipinski definition) is 1. The molecule has 2 aromatic rings. The molecular formula is C21H22Cl2N2O5S. The van der Waals surface area contributed by atoms with Crippen molar-refractivity contribution in [2.75, 3.05) is 24.7 Å². The maximum Gasteiger partial charge on any atom is 0.310 e. The summed E-state index contributed by atoms with van der Waals surface area (Å²) in [7, 11) is -3.30. The number of piperidine rings is 1. The lowest BCUT2D eigenvalue weighted by Crippen LogP contribution is -2.40. The fraction of sp³-hybridized carbons (Fsp3) is 0.333. The summed E-state index contributed by atoms with van der Waals surface area (Å²) >= 11 is 12.0. The number of halogens is 2. The molecule has 1 saturated heterocycles. The zero-order valence-electron chi connectivity index (χ0n) is 16.8. The van der Waals surface area contributed by atoms with Crippen LogP contribution in [0, 0.1) is 5.92 Å². The van der Waals surface area contributed by atoms with Gasteiger partial charge in [0.05, 0.1) is 12.2 Å². The number of hydrogen-bond acceptors (Lipinski definition) is 5. The molecule has 1 unspecified atom stereocenters. The maximum absolute atomic E-state index is 13.0. The molecule has 0 spiro atoms. The van der Waals surface area contributed by atoms with E-state index in [0.717, 1.165) is 6.26 Å². The van der Waals surface area contributed by atoms with Crippen LogP contribution in [-0.2, 0) is 24.3 Å². The quantitative estimate of drug-likeness (QED) is 0.627. The van der Waals surface area contributed by atoms with E-state index in [1.807, 2.05) is 0 Å². The first-order chi connectivity index (χ1) is 14.6. The standard InChI is InChI=1S/C21H22Cl2N2O5S/c1-31(28,29)25-9-7-15(8-10-25)21(27)30-19(14-5-3-2-4-6-14)20(26)24-18-12-16(22)11-17(23)13-18/h2-6,11-13,15,19H,7-10H2,1H3,(H,24,26). The van der Waals surface area contributed by atoms with E-state index >= 15 is 0 Å². The Morgan fingerprint density at radius 3 is 2.19 bits per heavy atom. The zero-order chi connectivity index (χ0) is 22.6. The van der Waals surface area contributed by atoms with Gasteiger partial charge < -0.3 is 10.1 Å². The van der Waals surface area contributed by atoms with Crippen molar-refractivity contribution in [1.82, 2.24) is 4.31 Å². The van der Waals surface area contributed by atoms with Crippen LogP contribution in [0.25, 0.3) is 0 Å². The lowest BCUT2D eigenvalue weighted by molar-refractivity contribution is -0.160. The first-order valence-electron chi connectivity index (χ1n) is 9.61. The van der Waals surface area contributed by atoms with Gasteiger partial charge in [-0.1, -0.05) is 53.5 Å². The predicted octanol–water partition coefficient (Wildman–Crippen LogP) is 3.89. The number of amides is 1. The molecule has 1 amide bonds. The minimum Gasteiger partial charge on any atom is -0.447 e. The molecule has 166 valence electrons. The minimum atomic E-state index is -3.30. The highest BCUT2D eigenvalue weighted by atomic mass is 35.5. The second kappa shape index (κ2) is 9.99. The lowest BCUT2D eigenvalue weighted by Gasteiger charge is -2.30. The summed E-state index contributed by atoms with van der Waals surface area (Å²) in [5, 5.41) is 3.40. The Hall–Kier alpha value is -2.13. The zero-order valence-corrected chi connectivity index (χ0v) is 19.1. The summed E-state index contributed by atoms with van der Waals surface area (Å²) in [6.45, 7) is 0.476. The van der Waals surface area contributed by atoms with Gasteiger partial charge in [0.2, 0.25) is 16.1 Å². The van der Waals surface area contributed by atoms with Crippen molar-refractivity contribution in [2.24, 2.45) is 5.92 Å². The Labute approximate surface area is 191 Å². The molecule has 7 nitrogen and oxygen atoms in total. The summed E-state index contributed by atoms with van der Waals surface area (Å²) in [5.41, 5.74) is 0.885. The van der Waals surface area contributed by atoms with Gasteiger partial charge in [0.15, 0.2) is 0 Å². The number of nitrogens with one attached hydrogen (secondary N) is 1. The summed E-state index contributed by atoms with van der Waals surface area (Å²) < 4.78 is 30.3. The molecular weight excluding hydrogens is 463 g/mol. The highest BCUT2D eigenvalue weighted by Gasteiger charge is 2.33. The second-order valence-corrected chi connectivity index (χ2v) is 10.2. The van der Waals surface area contributed by atoms with Crippen molar-refractivity contribution in [1.29, 1.82) is 0 Å². The second-order valence-electron chi connectivity index (χ2n) is 7.31. The van der Waals surface area contributed by atoms with Gasteiger partial charge in [0, 0.05) is 34.4 Å². The predicted molar refractivity (Wildman–Crippen MR) is 120 cm³/mol. The Morgan fingerprint density at radius 2 is 1.65 bits per heavy atom. The van der Waals surface area contributed by atoms with E-state index in [9.17, 15) is 18.0 Å². The van der Waals surface area contributed by atoms with Crippen LogP contribution in [0.2, 0.25) is 10.0 Å². The minimum absolute atomic E-state index is 0.238. The van der Waals surface area contributed by atoms with E-state index in [2.05, 4.69) is 5.32 Å². The number of esters is 1. The topological polar surface area (TPSA) is 92.8 Å². The Balaban J connectivity index is 1.74. The van der Waals surface area contributed by atoms with E-state index < -0.39 is 33.9 Å². The molecule has 2 aromatic carbocycles. The molecule has 31 heavy (non-hydrogen) atoms. The molecule has 0 aromatic heterocycles. The van der Waals surface area contributed by atoms with E-state index in [1.54, 1.807) is 30.3 Å². The number of sulfonamides is 1. The Bertz CT molecular complexity index is 1030. The molecule has 3 rings (SSSR count). The number of rotatable bonds is 6. The molecule has 1 aliphatic heterocycles. The molecule has 0 bridgehead atoms. The number of ether oxygens (including phenoxy) is 1. The van der Waals surface area contributed by atoms with Crippen molar-refractivity contribution in [2.45, 2.75) is 18.9 Å². The van der Waals surface area contributed by atoms with E-state index in [4.69, 9.17) is 27.9 Å². The Morgan fingerprint density at radius 1 is 1.06 bits per heavy atom. The molecule has 1 atom stereocenters. The van der Waals surface area contributed by atoms with Crippen LogP contribution < -0.4 is 5.32 Å². The molecule has 1 aliphatic rings. The number of benzene rings is 2. The van der Waals surface area contributed by atoms with Crippen LogP contribution >= 0.6 is 23.2 Å². The van der Waals surface area contributed by atoms with Crippen molar-refractivity contribution < 1.29 is 22.7 Å². The fourth-order valence-electron chi connectivity index (χ4n) is 3.37. The molecule has 10 heteroatoms. The van der Waals surface area contributed by atoms with Gasteiger partial charge in [-0.15, -0.1) is 0 Å². The van der Waals surface area contributed by atoms with Gasteiger partial charge in [-0.3, -0.25) is 9.59 Å². The fourth-order valence-corrected chi connectivity index (χ4v) is 4.77. The molecule has 1 heterocycles. The first kappa shape index (κ1) is 23.5. The van der Waals surface area contributed by atoms with Gasteiger partial charge in [0.25, 0.3) is 5.91 Å². The number of nitrogens with zero attached hydrogens (tertiary/aromatic N) is 1. The van der Waals surface area contributed by atoms with Crippen molar-refractivity contribution in [3.05, 3.63) is 64.1 Å². The number of anilines is 1. The number of carbonyl (C=O) groups is 2. The molecule has 1 fully saturated rings. The third kappa shape index (κ3) is 6.43. The van der Waals surface area contributed by atoms with Gasteiger partial charge in [-0.05, 0) is 31.0 Å². The largest absolute Gasteiger partial charge is 0.447 e. The average Bonchev–Trinajstić information content (AvgIpc) is 2.71. The first-order valence-corrected chi connectivity index (χ1v) is 12.2. The van der Waals surface area contributed by atoms with Crippen LogP contribution in [-0.4, -0.2) is 43.9 Å². The maximum atomic E-state index is 13.0. The molecule has 1 N–H and O–H groups in total. The van der Waals surface area contributed by atoms with Crippen molar-refractivity contribution in [3.63, 3.8) is 0 Å². The monoisotopic (exact) mass is 484 g/mol. The summed E-state index contributed by atoms with van der Waals surface area (Å²) in [6, 6.07) is 13.3.